The van der Waals surface area contributed by atoms with E-state index in [9.17, 15) is 13.2 Å². The van der Waals surface area contributed by atoms with E-state index in [0.29, 0.717) is 4.34 Å². The number of halogens is 1. The molecule has 7 nitrogen and oxygen atoms in total. The number of nitrogens with zero attached hydrogens (tertiary/aromatic N) is 2. The molecule has 2 N–H and O–H groups in total. The van der Waals surface area contributed by atoms with Crippen molar-refractivity contribution in [3.63, 3.8) is 0 Å². The third-order valence-corrected chi connectivity index (χ3v) is 5.54. The van der Waals surface area contributed by atoms with Crippen LogP contribution in [0.5, 0.6) is 0 Å². The summed E-state index contributed by atoms with van der Waals surface area (Å²) in [6.45, 7) is 0. The summed E-state index contributed by atoms with van der Waals surface area (Å²) in [6.07, 6.45) is 2.73. The van der Waals surface area contributed by atoms with Crippen molar-refractivity contribution in [3.05, 3.63) is 34.4 Å². The molecular formula is C10H10ClN3O4S2. The molecule has 0 aliphatic carbocycles. The molecule has 1 unspecified atom stereocenters. The quantitative estimate of drug-likeness (QED) is 0.856. The molecule has 1 atom stereocenters. The molecular weight excluding hydrogens is 326 g/mol. The maximum absolute atomic E-state index is 12.1. The fourth-order valence-electron chi connectivity index (χ4n) is 1.51. The Morgan fingerprint density at radius 2 is 2.25 bits per heavy atom. The van der Waals surface area contributed by atoms with Crippen molar-refractivity contribution in [2.24, 2.45) is 7.05 Å². The first kappa shape index (κ1) is 15.0. The summed E-state index contributed by atoms with van der Waals surface area (Å²) in [5.74, 6) is -1.32. The van der Waals surface area contributed by atoms with Crippen LogP contribution in [0, 0.1) is 0 Å². The predicted octanol–water partition coefficient (Wildman–Crippen LogP) is 1.24. The molecule has 2 aromatic rings. The third kappa shape index (κ3) is 3.18. The minimum atomic E-state index is -3.96. The SMILES string of the molecule is Cn1cc(C(NS(=O)(=O)c2ccc(Cl)s2)C(=O)O)cn1. The van der Waals surface area contributed by atoms with Crippen molar-refractivity contribution < 1.29 is 18.3 Å². The lowest BCUT2D eigenvalue weighted by molar-refractivity contribution is -0.139. The monoisotopic (exact) mass is 335 g/mol. The molecule has 2 rings (SSSR count). The smallest absolute Gasteiger partial charge is 0.326 e. The Bertz CT molecular complexity index is 737. The normalized spacial score (nSPS) is 13.3. The zero-order valence-electron chi connectivity index (χ0n) is 10.1. The van der Waals surface area contributed by atoms with Gasteiger partial charge < -0.3 is 5.11 Å². The Kier molecular flexibility index (Phi) is 4.14. The van der Waals surface area contributed by atoms with Gasteiger partial charge in [-0.2, -0.15) is 9.82 Å². The van der Waals surface area contributed by atoms with E-state index in [2.05, 4.69) is 9.82 Å². The molecule has 10 heteroatoms. The van der Waals surface area contributed by atoms with Crippen LogP contribution in [-0.2, 0) is 21.9 Å². The van der Waals surface area contributed by atoms with Crippen LogP contribution in [0.25, 0.3) is 0 Å². The van der Waals surface area contributed by atoms with Crippen LogP contribution >= 0.6 is 22.9 Å². The lowest BCUT2D eigenvalue weighted by Gasteiger charge is -2.12. The minimum absolute atomic E-state index is 0.0439. The highest BCUT2D eigenvalue weighted by Gasteiger charge is 2.28. The summed E-state index contributed by atoms with van der Waals surface area (Å²) in [5.41, 5.74) is 0.242. The number of carboxylic acids is 1. The van der Waals surface area contributed by atoms with Gasteiger partial charge in [0.2, 0.25) is 0 Å². The average molecular weight is 336 g/mol. The van der Waals surface area contributed by atoms with Gasteiger partial charge in [-0.05, 0) is 12.1 Å². The van der Waals surface area contributed by atoms with Crippen molar-refractivity contribution in [1.82, 2.24) is 14.5 Å². The van der Waals surface area contributed by atoms with Gasteiger partial charge in [0, 0.05) is 18.8 Å². The fourth-order valence-corrected chi connectivity index (χ4v) is 4.18. The molecule has 0 aliphatic rings. The summed E-state index contributed by atoms with van der Waals surface area (Å²) in [5, 5.41) is 13.0. The molecule has 0 saturated carbocycles. The first-order chi connectivity index (χ1) is 9.29. The Morgan fingerprint density at radius 3 is 2.70 bits per heavy atom. The van der Waals surface area contributed by atoms with Gasteiger partial charge in [0.1, 0.15) is 10.3 Å². The topological polar surface area (TPSA) is 101 Å². The number of carboxylic acid groups (broad SMARTS) is 1. The summed E-state index contributed by atoms with van der Waals surface area (Å²) >= 11 is 6.53. The number of aliphatic carboxylic acids is 1. The summed E-state index contributed by atoms with van der Waals surface area (Å²) in [7, 11) is -2.35. The van der Waals surface area contributed by atoms with Crippen molar-refractivity contribution in [3.8, 4) is 0 Å². The second kappa shape index (κ2) is 5.52. The largest absolute Gasteiger partial charge is 0.480 e. The van der Waals surface area contributed by atoms with Crippen LogP contribution in [0.1, 0.15) is 11.6 Å². The van der Waals surface area contributed by atoms with E-state index in [-0.39, 0.29) is 9.77 Å². The molecule has 20 heavy (non-hydrogen) atoms. The van der Waals surface area contributed by atoms with Crippen molar-refractivity contribution in [1.29, 1.82) is 0 Å². The molecule has 0 amide bonds. The zero-order valence-corrected chi connectivity index (χ0v) is 12.5. The Labute approximate surface area is 123 Å². The average Bonchev–Trinajstić information content (AvgIpc) is 2.95. The van der Waals surface area contributed by atoms with Gasteiger partial charge in [0.25, 0.3) is 10.0 Å². The highest BCUT2D eigenvalue weighted by atomic mass is 35.5. The maximum atomic E-state index is 12.1. The first-order valence-corrected chi connectivity index (χ1v) is 7.96. The van der Waals surface area contributed by atoms with Crippen LogP contribution < -0.4 is 4.72 Å². The number of carbonyl (C=O) groups is 1. The predicted molar refractivity (Wildman–Crippen MR) is 73.2 cm³/mol. The minimum Gasteiger partial charge on any atom is -0.480 e. The summed E-state index contributed by atoms with van der Waals surface area (Å²) in [4.78, 5) is 11.2. The molecule has 0 fully saturated rings. The van der Waals surface area contributed by atoms with E-state index in [1.165, 1.54) is 29.2 Å². The molecule has 0 aromatic carbocycles. The molecule has 0 aliphatic heterocycles. The van der Waals surface area contributed by atoms with Gasteiger partial charge >= 0.3 is 5.97 Å². The standard InChI is InChI=1S/C10H10ClN3O4S2/c1-14-5-6(4-12-14)9(10(15)16)13-20(17,18)8-3-2-7(11)19-8/h2-5,9,13H,1H3,(H,15,16). The molecule has 108 valence electrons. The molecule has 0 spiro atoms. The van der Waals surface area contributed by atoms with Crippen molar-refractivity contribution in [2.45, 2.75) is 10.3 Å². The van der Waals surface area contributed by atoms with Crippen LogP contribution in [0.15, 0.2) is 28.7 Å². The number of rotatable bonds is 5. The molecule has 0 radical (unpaired) electrons. The fraction of sp³-hybridized carbons (Fsp3) is 0.200. The van der Waals surface area contributed by atoms with Gasteiger partial charge in [-0.3, -0.25) is 9.48 Å². The maximum Gasteiger partial charge on any atom is 0.326 e. The van der Waals surface area contributed by atoms with Crippen LogP contribution in [-0.4, -0.2) is 29.3 Å². The Hall–Kier alpha value is -1.42. The van der Waals surface area contributed by atoms with E-state index < -0.39 is 22.0 Å². The molecule has 2 heterocycles. The van der Waals surface area contributed by atoms with Crippen LogP contribution in [0.2, 0.25) is 4.34 Å². The highest BCUT2D eigenvalue weighted by molar-refractivity contribution is 7.91. The Morgan fingerprint density at radius 1 is 1.55 bits per heavy atom. The van der Waals surface area contributed by atoms with Gasteiger partial charge in [-0.1, -0.05) is 11.6 Å². The van der Waals surface area contributed by atoms with E-state index >= 15 is 0 Å². The second-order valence-corrected chi connectivity index (χ2v) is 7.55. The van der Waals surface area contributed by atoms with E-state index in [0.717, 1.165) is 11.3 Å². The number of hydrogen-bond donors (Lipinski definition) is 2. The van der Waals surface area contributed by atoms with Gasteiger partial charge in [-0.15, -0.1) is 11.3 Å². The number of aromatic nitrogens is 2. The van der Waals surface area contributed by atoms with Gasteiger partial charge in [-0.25, -0.2) is 8.42 Å². The third-order valence-electron chi connectivity index (χ3n) is 2.39. The zero-order chi connectivity index (χ0) is 14.9. The Balaban J connectivity index is 2.31. The van der Waals surface area contributed by atoms with E-state index in [1.807, 2.05) is 0 Å². The number of sulfonamides is 1. The van der Waals surface area contributed by atoms with E-state index in [1.54, 1.807) is 7.05 Å². The van der Waals surface area contributed by atoms with E-state index in [4.69, 9.17) is 16.7 Å². The van der Waals surface area contributed by atoms with Crippen LogP contribution in [0.3, 0.4) is 0 Å². The van der Waals surface area contributed by atoms with Gasteiger partial charge in [0.15, 0.2) is 0 Å². The van der Waals surface area contributed by atoms with Crippen LogP contribution in [0.4, 0.5) is 0 Å². The lowest BCUT2D eigenvalue weighted by atomic mass is 10.2. The first-order valence-electron chi connectivity index (χ1n) is 5.28. The molecule has 0 bridgehead atoms. The summed E-state index contributed by atoms with van der Waals surface area (Å²) < 4.78 is 28.0. The van der Waals surface area contributed by atoms with Crippen molar-refractivity contribution >= 4 is 38.9 Å². The summed E-state index contributed by atoms with van der Waals surface area (Å²) in [6, 6.07) is 1.34. The number of aryl methyl sites for hydroxylation is 1. The molecule has 0 saturated heterocycles. The highest BCUT2D eigenvalue weighted by Crippen LogP contribution is 2.26. The van der Waals surface area contributed by atoms with Crippen molar-refractivity contribution in [2.75, 3.05) is 0 Å². The number of thiophene rings is 1. The number of hydrogen-bond acceptors (Lipinski definition) is 5. The lowest BCUT2D eigenvalue weighted by Crippen LogP contribution is -2.33. The van der Waals surface area contributed by atoms with Gasteiger partial charge in [0.05, 0.1) is 10.5 Å². The molecule has 2 aromatic heterocycles. The number of nitrogens with one attached hydrogen (secondary N) is 1. The second-order valence-electron chi connectivity index (χ2n) is 3.90.